The Labute approximate surface area is 111 Å². The van der Waals surface area contributed by atoms with Crippen LogP contribution < -0.4 is 14.8 Å². The molecule has 1 N–H and O–H groups in total. The maximum absolute atomic E-state index is 13.0. The molecule has 19 heavy (non-hydrogen) atoms. The largest absolute Gasteiger partial charge is 0.454 e. The van der Waals surface area contributed by atoms with Gasteiger partial charge in [-0.2, -0.15) is 0 Å². The number of nitrogens with one attached hydrogen (secondary N) is 1. The Hall–Kier alpha value is -2.07. The molecular formula is C15H14FNO2. The molecule has 0 saturated carbocycles. The van der Waals surface area contributed by atoms with Crippen molar-refractivity contribution in [3.05, 3.63) is 59.4 Å². The maximum Gasteiger partial charge on any atom is 0.231 e. The number of para-hydroxylation sites is 1. The average Bonchev–Trinajstić information content (AvgIpc) is 2.88. The van der Waals surface area contributed by atoms with E-state index in [9.17, 15) is 4.39 Å². The molecule has 98 valence electrons. The molecule has 0 radical (unpaired) electrons. The first-order valence-corrected chi connectivity index (χ1v) is 6.15. The van der Waals surface area contributed by atoms with E-state index in [0.717, 1.165) is 22.6 Å². The second kappa shape index (κ2) is 5.28. The Bertz CT molecular complexity index is 586. The minimum absolute atomic E-state index is 0.211. The molecule has 0 unspecified atom stereocenters. The minimum Gasteiger partial charge on any atom is -0.454 e. The molecule has 1 aliphatic rings. The van der Waals surface area contributed by atoms with Crippen LogP contribution in [0.3, 0.4) is 0 Å². The first-order valence-electron chi connectivity index (χ1n) is 6.15. The molecule has 0 amide bonds. The quantitative estimate of drug-likeness (QED) is 0.915. The second-order valence-corrected chi connectivity index (χ2v) is 4.38. The Morgan fingerprint density at radius 1 is 1.05 bits per heavy atom. The van der Waals surface area contributed by atoms with Gasteiger partial charge in [0.2, 0.25) is 6.79 Å². The molecular weight excluding hydrogens is 245 g/mol. The summed E-state index contributed by atoms with van der Waals surface area (Å²) in [4.78, 5) is 0. The van der Waals surface area contributed by atoms with E-state index in [4.69, 9.17) is 9.47 Å². The lowest BCUT2D eigenvalue weighted by atomic mass is 10.1. The Balaban J connectivity index is 1.63. The molecule has 3 nitrogen and oxygen atoms in total. The van der Waals surface area contributed by atoms with Crippen molar-refractivity contribution in [2.75, 3.05) is 6.79 Å². The predicted octanol–water partition coefficient (Wildman–Crippen LogP) is 2.84. The van der Waals surface area contributed by atoms with E-state index in [1.54, 1.807) is 6.07 Å². The van der Waals surface area contributed by atoms with Crippen molar-refractivity contribution >= 4 is 0 Å². The number of fused-ring (bicyclic) bond motifs is 1. The summed E-state index contributed by atoms with van der Waals surface area (Å²) in [5.41, 5.74) is 1.97. The molecule has 4 heteroatoms. The molecule has 0 saturated heterocycles. The van der Waals surface area contributed by atoms with Gasteiger partial charge >= 0.3 is 0 Å². The van der Waals surface area contributed by atoms with Crippen molar-refractivity contribution in [2.24, 2.45) is 0 Å². The Morgan fingerprint density at radius 3 is 2.84 bits per heavy atom. The molecule has 0 fully saturated rings. The zero-order valence-electron chi connectivity index (χ0n) is 10.4. The lowest BCUT2D eigenvalue weighted by Crippen LogP contribution is -2.13. The van der Waals surface area contributed by atoms with Crippen molar-refractivity contribution in [2.45, 2.75) is 13.1 Å². The average molecular weight is 259 g/mol. The Kier molecular flexibility index (Phi) is 3.33. The van der Waals surface area contributed by atoms with Crippen LogP contribution in [-0.4, -0.2) is 6.79 Å². The maximum atomic E-state index is 13.0. The van der Waals surface area contributed by atoms with Gasteiger partial charge in [0, 0.05) is 18.7 Å². The fourth-order valence-electron chi connectivity index (χ4n) is 2.12. The van der Waals surface area contributed by atoms with Crippen molar-refractivity contribution in [3.8, 4) is 11.5 Å². The number of hydrogen-bond acceptors (Lipinski definition) is 3. The monoisotopic (exact) mass is 259 g/mol. The molecule has 0 atom stereocenters. The van der Waals surface area contributed by atoms with Gasteiger partial charge in [0.1, 0.15) is 5.82 Å². The van der Waals surface area contributed by atoms with E-state index in [1.807, 2.05) is 24.3 Å². The number of ether oxygens (including phenoxy) is 2. The lowest BCUT2D eigenvalue weighted by molar-refractivity contribution is 0.173. The summed E-state index contributed by atoms with van der Waals surface area (Å²) in [7, 11) is 0. The third-order valence-corrected chi connectivity index (χ3v) is 3.01. The lowest BCUT2D eigenvalue weighted by Gasteiger charge is -2.08. The van der Waals surface area contributed by atoms with Gasteiger partial charge in [-0.25, -0.2) is 4.39 Å². The van der Waals surface area contributed by atoms with Crippen molar-refractivity contribution < 1.29 is 13.9 Å². The van der Waals surface area contributed by atoms with Crippen LogP contribution in [-0.2, 0) is 13.1 Å². The number of hydrogen-bond donors (Lipinski definition) is 1. The molecule has 0 spiro atoms. The highest BCUT2D eigenvalue weighted by Gasteiger charge is 2.16. The smallest absolute Gasteiger partial charge is 0.231 e. The number of halogens is 1. The van der Waals surface area contributed by atoms with E-state index in [0.29, 0.717) is 13.1 Å². The van der Waals surface area contributed by atoms with Gasteiger partial charge in [0.15, 0.2) is 11.5 Å². The van der Waals surface area contributed by atoms with Gasteiger partial charge in [-0.1, -0.05) is 24.3 Å². The second-order valence-electron chi connectivity index (χ2n) is 4.38. The molecule has 2 aromatic carbocycles. The molecule has 0 aliphatic carbocycles. The SMILES string of the molecule is Fc1cccc(CNCc2cccc3c2OCO3)c1. The zero-order chi connectivity index (χ0) is 13.1. The highest BCUT2D eigenvalue weighted by molar-refractivity contribution is 5.48. The van der Waals surface area contributed by atoms with Crippen LogP contribution >= 0.6 is 0 Å². The standard InChI is InChI=1S/C15H14FNO2/c16-13-5-1-3-11(7-13)8-17-9-12-4-2-6-14-15(12)19-10-18-14/h1-7,17H,8-10H2. The number of benzene rings is 2. The van der Waals surface area contributed by atoms with Gasteiger partial charge in [-0.3, -0.25) is 0 Å². The predicted molar refractivity (Wildman–Crippen MR) is 69.5 cm³/mol. The molecule has 0 aromatic heterocycles. The van der Waals surface area contributed by atoms with E-state index in [-0.39, 0.29) is 12.6 Å². The van der Waals surface area contributed by atoms with Gasteiger partial charge in [0.25, 0.3) is 0 Å². The Morgan fingerprint density at radius 2 is 1.95 bits per heavy atom. The first-order chi connectivity index (χ1) is 9.33. The van der Waals surface area contributed by atoms with Crippen LogP contribution in [0, 0.1) is 5.82 Å². The normalized spacial score (nSPS) is 12.7. The van der Waals surface area contributed by atoms with Crippen LogP contribution in [0.25, 0.3) is 0 Å². The zero-order valence-corrected chi connectivity index (χ0v) is 10.4. The van der Waals surface area contributed by atoms with Gasteiger partial charge in [-0.05, 0) is 23.8 Å². The van der Waals surface area contributed by atoms with Crippen LogP contribution in [0.4, 0.5) is 4.39 Å². The molecule has 1 heterocycles. The fourth-order valence-corrected chi connectivity index (χ4v) is 2.12. The summed E-state index contributed by atoms with van der Waals surface area (Å²) in [6, 6.07) is 12.4. The van der Waals surface area contributed by atoms with Crippen LogP contribution in [0.15, 0.2) is 42.5 Å². The minimum atomic E-state index is -0.211. The highest BCUT2D eigenvalue weighted by Crippen LogP contribution is 2.35. The molecule has 3 rings (SSSR count). The van der Waals surface area contributed by atoms with Crippen LogP contribution in [0.2, 0.25) is 0 Å². The van der Waals surface area contributed by atoms with Crippen LogP contribution in [0.1, 0.15) is 11.1 Å². The third kappa shape index (κ3) is 2.69. The summed E-state index contributed by atoms with van der Waals surface area (Å²) < 4.78 is 23.8. The molecule has 0 bridgehead atoms. The summed E-state index contributed by atoms with van der Waals surface area (Å²) in [6.45, 7) is 1.54. The van der Waals surface area contributed by atoms with Gasteiger partial charge in [0.05, 0.1) is 0 Å². The first kappa shape index (κ1) is 12.0. The summed E-state index contributed by atoms with van der Waals surface area (Å²) >= 11 is 0. The van der Waals surface area contributed by atoms with E-state index < -0.39 is 0 Å². The summed E-state index contributed by atoms with van der Waals surface area (Å²) in [6.07, 6.45) is 0. The summed E-state index contributed by atoms with van der Waals surface area (Å²) in [5.74, 6) is 1.37. The fraction of sp³-hybridized carbons (Fsp3) is 0.200. The van der Waals surface area contributed by atoms with Gasteiger partial charge in [-0.15, -0.1) is 0 Å². The summed E-state index contributed by atoms with van der Waals surface area (Å²) in [5, 5.41) is 3.27. The third-order valence-electron chi connectivity index (χ3n) is 3.01. The van der Waals surface area contributed by atoms with E-state index in [2.05, 4.69) is 5.32 Å². The highest BCUT2D eigenvalue weighted by atomic mass is 19.1. The van der Waals surface area contributed by atoms with E-state index in [1.165, 1.54) is 12.1 Å². The molecule has 1 aliphatic heterocycles. The topological polar surface area (TPSA) is 30.5 Å². The van der Waals surface area contributed by atoms with Crippen LogP contribution in [0.5, 0.6) is 11.5 Å². The van der Waals surface area contributed by atoms with Crippen molar-refractivity contribution in [1.29, 1.82) is 0 Å². The van der Waals surface area contributed by atoms with Crippen molar-refractivity contribution in [1.82, 2.24) is 5.32 Å². The van der Waals surface area contributed by atoms with Gasteiger partial charge < -0.3 is 14.8 Å². The molecule has 2 aromatic rings. The van der Waals surface area contributed by atoms with E-state index >= 15 is 0 Å². The van der Waals surface area contributed by atoms with Crippen molar-refractivity contribution in [3.63, 3.8) is 0 Å². The number of rotatable bonds is 4.